The van der Waals surface area contributed by atoms with Crippen LogP contribution in [0, 0.1) is 12.3 Å². The van der Waals surface area contributed by atoms with Gasteiger partial charge in [-0.3, -0.25) is 9.59 Å². The maximum absolute atomic E-state index is 13.1. The van der Waals surface area contributed by atoms with E-state index < -0.39 is 5.41 Å². The van der Waals surface area contributed by atoms with E-state index in [9.17, 15) is 9.59 Å². The van der Waals surface area contributed by atoms with Crippen LogP contribution in [0.2, 0.25) is 0 Å². The van der Waals surface area contributed by atoms with Gasteiger partial charge in [-0.05, 0) is 43.4 Å². The second-order valence-corrected chi connectivity index (χ2v) is 7.09. The molecule has 1 fully saturated rings. The second kappa shape index (κ2) is 6.03. The van der Waals surface area contributed by atoms with Crippen LogP contribution < -0.4 is 10.2 Å². The summed E-state index contributed by atoms with van der Waals surface area (Å²) in [6, 6.07) is 16.0. The Hall–Kier alpha value is -2.62. The number of nitrogens with zero attached hydrogens (tertiary/aromatic N) is 1. The summed E-state index contributed by atoms with van der Waals surface area (Å²) in [5.41, 5.74) is 3.51. The summed E-state index contributed by atoms with van der Waals surface area (Å²) < 4.78 is 0. The molecule has 0 atom stereocenters. The molecule has 1 N–H and O–H groups in total. The molecule has 0 radical (unpaired) electrons. The first kappa shape index (κ1) is 15.9. The number of anilines is 1. The normalized spacial score (nSPS) is 17.1. The molecule has 4 rings (SSSR count). The van der Waals surface area contributed by atoms with E-state index in [2.05, 4.69) is 17.4 Å². The highest BCUT2D eigenvalue weighted by molar-refractivity contribution is 6.14. The highest BCUT2D eigenvalue weighted by atomic mass is 16.2. The van der Waals surface area contributed by atoms with Crippen molar-refractivity contribution in [2.24, 2.45) is 5.41 Å². The molecule has 0 unspecified atom stereocenters. The van der Waals surface area contributed by atoms with Crippen LogP contribution in [0.4, 0.5) is 5.69 Å². The molecule has 0 bridgehead atoms. The highest BCUT2D eigenvalue weighted by Gasteiger charge is 2.58. The number of rotatable bonds is 4. The Labute approximate surface area is 147 Å². The van der Waals surface area contributed by atoms with Crippen LogP contribution in [-0.4, -0.2) is 18.4 Å². The van der Waals surface area contributed by atoms with Crippen LogP contribution in [-0.2, 0) is 22.6 Å². The molecule has 2 amide bonds. The van der Waals surface area contributed by atoms with E-state index in [4.69, 9.17) is 0 Å². The molecular weight excluding hydrogens is 312 g/mol. The molecule has 1 aliphatic heterocycles. The number of fused-ring (bicyclic) bond motifs is 1. The topological polar surface area (TPSA) is 49.4 Å². The molecule has 2 aromatic rings. The fourth-order valence-corrected chi connectivity index (χ4v) is 3.64. The van der Waals surface area contributed by atoms with E-state index in [1.807, 2.05) is 43.3 Å². The number of benzene rings is 2. The monoisotopic (exact) mass is 334 g/mol. The lowest BCUT2D eigenvalue weighted by Crippen LogP contribution is -2.44. The molecule has 1 aliphatic carbocycles. The fourth-order valence-electron chi connectivity index (χ4n) is 3.64. The van der Waals surface area contributed by atoms with Gasteiger partial charge in [0.1, 0.15) is 5.41 Å². The Bertz CT molecular complexity index is 839. The maximum Gasteiger partial charge on any atom is 0.242 e. The van der Waals surface area contributed by atoms with Gasteiger partial charge in [0.15, 0.2) is 0 Å². The van der Waals surface area contributed by atoms with Crippen molar-refractivity contribution in [3.05, 3.63) is 65.2 Å². The van der Waals surface area contributed by atoms with Crippen molar-refractivity contribution in [1.82, 2.24) is 5.32 Å². The minimum atomic E-state index is -0.860. The zero-order valence-corrected chi connectivity index (χ0v) is 14.4. The number of para-hydroxylation sites is 1. The quantitative estimate of drug-likeness (QED) is 0.874. The SMILES string of the molecule is Cc1cccc(CNC(=O)C2(C(=O)N3CCc4ccccc43)CC2)c1. The van der Waals surface area contributed by atoms with Gasteiger partial charge in [0.05, 0.1) is 0 Å². The smallest absolute Gasteiger partial charge is 0.242 e. The zero-order chi connectivity index (χ0) is 17.4. The molecule has 1 heterocycles. The molecule has 25 heavy (non-hydrogen) atoms. The summed E-state index contributed by atoms with van der Waals surface area (Å²) in [5.74, 6) is -0.178. The van der Waals surface area contributed by atoms with Gasteiger partial charge in [-0.15, -0.1) is 0 Å². The van der Waals surface area contributed by atoms with Gasteiger partial charge in [-0.1, -0.05) is 48.0 Å². The molecule has 2 aromatic carbocycles. The second-order valence-electron chi connectivity index (χ2n) is 7.09. The lowest BCUT2D eigenvalue weighted by atomic mass is 10.0. The van der Waals surface area contributed by atoms with Gasteiger partial charge in [0.2, 0.25) is 11.8 Å². The average molecular weight is 334 g/mol. The molecular formula is C21H22N2O2. The first-order valence-corrected chi connectivity index (χ1v) is 8.84. The van der Waals surface area contributed by atoms with E-state index in [-0.39, 0.29) is 11.8 Å². The maximum atomic E-state index is 13.1. The summed E-state index contributed by atoms with van der Waals surface area (Å²) in [4.78, 5) is 27.6. The largest absolute Gasteiger partial charge is 0.351 e. The number of aryl methyl sites for hydroxylation is 1. The van der Waals surface area contributed by atoms with E-state index in [1.165, 1.54) is 5.56 Å². The van der Waals surface area contributed by atoms with Crippen molar-refractivity contribution in [3.8, 4) is 0 Å². The lowest BCUT2D eigenvalue weighted by molar-refractivity contribution is -0.135. The minimum absolute atomic E-state index is 0.0424. The van der Waals surface area contributed by atoms with E-state index in [1.54, 1.807) is 4.90 Å². The molecule has 4 nitrogen and oxygen atoms in total. The van der Waals surface area contributed by atoms with Gasteiger partial charge in [0.25, 0.3) is 0 Å². The fraction of sp³-hybridized carbons (Fsp3) is 0.333. The number of carbonyl (C=O) groups excluding carboxylic acids is 2. The van der Waals surface area contributed by atoms with Crippen molar-refractivity contribution in [3.63, 3.8) is 0 Å². The van der Waals surface area contributed by atoms with Crippen molar-refractivity contribution < 1.29 is 9.59 Å². The van der Waals surface area contributed by atoms with Crippen LogP contribution in [0.15, 0.2) is 48.5 Å². The predicted octanol–water partition coefficient (Wildman–Crippen LogP) is 2.98. The number of amides is 2. The summed E-state index contributed by atoms with van der Waals surface area (Å²) >= 11 is 0. The Morgan fingerprint density at radius 3 is 2.68 bits per heavy atom. The van der Waals surface area contributed by atoms with Crippen LogP contribution in [0.5, 0.6) is 0 Å². The predicted molar refractivity (Wildman–Crippen MR) is 97.2 cm³/mol. The molecule has 0 aromatic heterocycles. The van der Waals surface area contributed by atoms with E-state index >= 15 is 0 Å². The Kier molecular flexibility index (Phi) is 3.83. The summed E-state index contributed by atoms with van der Waals surface area (Å²) in [6.07, 6.45) is 2.15. The molecule has 0 spiro atoms. The average Bonchev–Trinajstić information content (AvgIpc) is 3.33. The number of hydrogen-bond acceptors (Lipinski definition) is 2. The summed E-state index contributed by atoms with van der Waals surface area (Å²) in [7, 11) is 0. The van der Waals surface area contributed by atoms with Crippen molar-refractivity contribution in [2.45, 2.75) is 32.7 Å². The summed E-state index contributed by atoms with van der Waals surface area (Å²) in [5, 5.41) is 2.97. The Morgan fingerprint density at radius 1 is 1.12 bits per heavy atom. The third-order valence-electron chi connectivity index (χ3n) is 5.26. The number of hydrogen-bond donors (Lipinski definition) is 1. The third kappa shape index (κ3) is 2.82. The molecule has 2 aliphatic rings. The first-order valence-electron chi connectivity index (χ1n) is 8.84. The molecule has 4 heteroatoms. The minimum Gasteiger partial charge on any atom is -0.351 e. The molecule has 0 saturated heterocycles. The van der Waals surface area contributed by atoms with Gasteiger partial charge in [0, 0.05) is 18.8 Å². The Balaban J connectivity index is 1.46. The van der Waals surface area contributed by atoms with Crippen LogP contribution in [0.25, 0.3) is 0 Å². The van der Waals surface area contributed by atoms with Crippen LogP contribution >= 0.6 is 0 Å². The standard InChI is InChI=1S/C21H22N2O2/c1-15-5-4-6-16(13-15)14-22-19(24)21(10-11-21)20(25)23-12-9-17-7-2-3-8-18(17)23/h2-8,13H,9-12,14H2,1H3,(H,22,24). The van der Waals surface area contributed by atoms with Crippen molar-refractivity contribution in [2.75, 3.05) is 11.4 Å². The number of carbonyl (C=O) groups is 2. The van der Waals surface area contributed by atoms with Crippen molar-refractivity contribution >= 4 is 17.5 Å². The van der Waals surface area contributed by atoms with Gasteiger partial charge < -0.3 is 10.2 Å². The van der Waals surface area contributed by atoms with Gasteiger partial charge in [-0.2, -0.15) is 0 Å². The van der Waals surface area contributed by atoms with Gasteiger partial charge >= 0.3 is 0 Å². The highest BCUT2D eigenvalue weighted by Crippen LogP contribution is 2.49. The summed E-state index contributed by atoms with van der Waals surface area (Å²) in [6.45, 7) is 3.17. The number of nitrogens with one attached hydrogen (secondary N) is 1. The lowest BCUT2D eigenvalue weighted by Gasteiger charge is -2.23. The molecule has 128 valence electrons. The van der Waals surface area contributed by atoms with Crippen LogP contribution in [0.3, 0.4) is 0 Å². The van der Waals surface area contributed by atoms with E-state index in [0.29, 0.717) is 25.9 Å². The van der Waals surface area contributed by atoms with Gasteiger partial charge in [-0.25, -0.2) is 0 Å². The zero-order valence-electron chi connectivity index (χ0n) is 14.4. The van der Waals surface area contributed by atoms with Crippen molar-refractivity contribution in [1.29, 1.82) is 0 Å². The molecule has 1 saturated carbocycles. The van der Waals surface area contributed by atoms with E-state index in [0.717, 1.165) is 23.2 Å². The third-order valence-corrected chi connectivity index (χ3v) is 5.26. The first-order chi connectivity index (χ1) is 12.1. The van der Waals surface area contributed by atoms with Crippen LogP contribution in [0.1, 0.15) is 29.5 Å². The Morgan fingerprint density at radius 2 is 1.92 bits per heavy atom.